The lowest BCUT2D eigenvalue weighted by Gasteiger charge is -2.29. The van der Waals surface area contributed by atoms with Crippen LogP contribution in [0.5, 0.6) is 0 Å². The number of hydrogen-bond acceptors (Lipinski definition) is 4. The molecule has 2 aliphatic rings. The van der Waals surface area contributed by atoms with E-state index in [2.05, 4.69) is 22.1 Å². The van der Waals surface area contributed by atoms with Crippen LogP contribution in [0.15, 0.2) is 29.1 Å². The van der Waals surface area contributed by atoms with Gasteiger partial charge in [0.2, 0.25) is 0 Å². The molecule has 0 radical (unpaired) electrons. The molecular weight excluding hydrogens is 346 g/mol. The van der Waals surface area contributed by atoms with Crippen LogP contribution in [0, 0.1) is 5.41 Å². The number of aryl methyl sites for hydroxylation is 1. The monoisotopic (exact) mass is 371 g/mol. The molecule has 138 valence electrons. The predicted molar refractivity (Wildman–Crippen MR) is 103 cm³/mol. The summed E-state index contributed by atoms with van der Waals surface area (Å²) in [6, 6.07) is 4.13. The molecule has 4 rings (SSSR count). The van der Waals surface area contributed by atoms with Gasteiger partial charge in [-0.3, -0.25) is 9.59 Å². The van der Waals surface area contributed by atoms with Gasteiger partial charge in [0.1, 0.15) is 5.69 Å². The highest BCUT2D eigenvalue weighted by molar-refractivity contribution is 7.07. The maximum atomic E-state index is 13.4. The summed E-state index contributed by atoms with van der Waals surface area (Å²) < 4.78 is 1.79. The van der Waals surface area contributed by atoms with E-state index >= 15 is 0 Å². The van der Waals surface area contributed by atoms with E-state index in [9.17, 15) is 9.59 Å². The highest BCUT2D eigenvalue weighted by Crippen LogP contribution is 2.56. The third-order valence-electron chi connectivity index (χ3n) is 5.95. The Morgan fingerprint density at radius 3 is 2.77 bits per heavy atom. The number of aromatic nitrogens is 1. The van der Waals surface area contributed by atoms with Gasteiger partial charge < -0.3 is 14.8 Å². The Labute approximate surface area is 158 Å². The maximum absolute atomic E-state index is 13.4. The Morgan fingerprint density at radius 2 is 2.15 bits per heavy atom. The number of thiophene rings is 1. The van der Waals surface area contributed by atoms with Crippen LogP contribution in [0.4, 0.5) is 0 Å². The second-order valence-corrected chi connectivity index (χ2v) is 8.46. The molecule has 1 atom stereocenters. The van der Waals surface area contributed by atoms with Gasteiger partial charge in [-0.15, -0.1) is 0 Å². The van der Waals surface area contributed by atoms with Crippen molar-refractivity contribution < 1.29 is 9.59 Å². The summed E-state index contributed by atoms with van der Waals surface area (Å²) in [7, 11) is 1.84. The number of piperidine rings is 1. The lowest BCUT2D eigenvalue weighted by molar-refractivity contribution is 0.0682. The van der Waals surface area contributed by atoms with Crippen molar-refractivity contribution in [2.75, 3.05) is 13.1 Å². The molecule has 1 spiro atoms. The lowest BCUT2D eigenvalue weighted by Crippen LogP contribution is -2.39. The first-order chi connectivity index (χ1) is 12.5. The van der Waals surface area contributed by atoms with Crippen LogP contribution in [0.3, 0.4) is 0 Å². The van der Waals surface area contributed by atoms with E-state index in [4.69, 9.17) is 0 Å². The number of hydrogen-bond donors (Lipinski definition) is 1. The van der Waals surface area contributed by atoms with E-state index in [1.807, 2.05) is 11.9 Å². The van der Waals surface area contributed by atoms with E-state index in [0.29, 0.717) is 23.8 Å². The highest BCUT2D eigenvalue weighted by atomic mass is 32.1. The molecule has 0 bridgehead atoms. The number of nitrogens with zero attached hydrogens (tertiary/aromatic N) is 2. The number of rotatable bonds is 5. The molecule has 2 aromatic rings. The summed E-state index contributed by atoms with van der Waals surface area (Å²) in [5.41, 5.74) is 2.66. The molecule has 2 fully saturated rings. The number of carbonyl (C=O) groups is 2. The zero-order chi connectivity index (χ0) is 18.3. The fraction of sp³-hybridized carbons (Fsp3) is 0.500. The average Bonchev–Trinajstić information content (AvgIpc) is 3.00. The van der Waals surface area contributed by atoms with Crippen molar-refractivity contribution in [1.29, 1.82) is 0 Å². The van der Waals surface area contributed by atoms with E-state index in [0.717, 1.165) is 32.4 Å². The molecule has 1 saturated carbocycles. The van der Waals surface area contributed by atoms with Gasteiger partial charge in [0.05, 0.1) is 0 Å². The fourth-order valence-corrected chi connectivity index (χ4v) is 4.91. The van der Waals surface area contributed by atoms with Crippen molar-refractivity contribution in [1.82, 2.24) is 14.8 Å². The van der Waals surface area contributed by atoms with E-state index < -0.39 is 0 Å². The number of nitrogens with one attached hydrogen (secondary N) is 1. The van der Waals surface area contributed by atoms with Crippen molar-refractivity contribution in [3.05, 3.63) is 45.9 Å². The number of carbonyl (C=O) groups excluding carboxylic acids is 2. The van der Waals surface area contributed by atoms with E-state index in [-0.39, 0.29) is 17.1 Å². The highest BCUT2D eigenvalue weighted by Gasteiger charge is 2.57. The zero-order valence-corrected chi connectivity index (χ0v) is 16.1. The molecule has 5 nitrogen and oxygen atoms in total. The number of Topliss-reactive ketones (excluding diaryl/α,β-unsaturated/α-hetero) is 1. The molecule has 3 heterocycles. The van der Waals surface area contributed by atoms with Crippen molar-refractivity contribution in [3.8, 4) is 0 Å². The summed E-state index contributed by atoms with van der Waals surface area (Å²) in [5.74, 6) is 0.0249. The number of ketones is 1. The largest absolute Gasteiger partial charge is 0.346 e. The van der Waals surface area contributed by atoms with Crippen LogP contribution in [-0.2, 0) is 13.6 Å². The molecule has 26 heavy (non-hydrogen) atoms. The molecule has 1 aliphatic heterocycles. The second-order valence-electron chi connectivity index (χ2n) is 7.68. The van der Waals surface area contributed by atoms with Crippen molar-refractivity contribution in [3.63, 3.8) is 0 Å². The normalized spacial score (nSPS) is 20.9. The van der Waals surface area contributed by atoms with Crippen LogP contribution >= 0.6 is 11.3 Å². The predicted octanol–water partition coefficient (Wildman–Crippen LogP) is 3.07. The minimum Gasteiger partial charge on any atom is -0.346 e. The zero-order valence-electron chi connectivity index (χ0n) is 15.3. The quantitative estimate of drug-likeness (QED) is 0.822. The van der Waals surface area contributed by atoms with Gasteiger partial charge in [-0.25, -0.2) is 0 Å². The molecule has 0 aromatic carbocycles. The SMILES string of the molecule is CC(=O)c1cc(C(=O)N(Cc2ccsc2)C2CC23CCNCC3)n(C)c1. The van der Waals surface area contributed by atoms with Gasteiger partial charge in [0, 0.05) is 31.4 Å². The minimum absolute atomic E-state index is 0.00900. The second kappa shape index (κ2) is 6.67. The molecular formula is C20H25N3O2S. The van der Waals surface area contributed by atoms with Crippen molar-refractivity contribution in [2.24, 2.45) is 12.5 Å². The third-order valence-corrected chi connectivity index (χ3v) is 6.68. The van der Waals surface area contributed by atoms with Crippen LogP contribution in [0.1, 0.15) is 52.6 Å². The van der Waals surface area contributed by atoms with Crippen molar-refractivity contribution >= 4 is 23.0 Å². The van der Waals surface area contributed by atoms with Crippen LogP contribution < -0.4 is 5.32 Å². The molecule has 1 unspecified atom stereocenters. The Morgan fingerprint density at radius 1 is 1.38 bits per heavy atom. The van der Waals surface area contributed by atoms with Gasteiger partial charge in [-0.1, -0.05) is 0 Å². The van der Waals surface area contributed by atoms with Gasteiger partial charge in [0.25, 0.3) is 5.91 Å². The Bertz CT molecular complexity index is 818. The summed E-state index contributed by atoms with van der Waals surface area (Å²) in [6.07, 6.45) is 5.12. The minimum atomic E-state index is -0.00900. The van der Waals surface area contributed by atoms with E-state index in [1.54, 1.807) is 28.2 Å². The maximum Gasteiger partial charge on any atom is 0.271 e. The lowest BCUT2D eigenvalue weighted by atomic mass is 9.93. The number of amides is 1. The molecule has 1 aliphatic carbocycles. The fourth-order valence-electron chi connectivity index (χ4n) is 4.25. The van der Waals surface area contributed by atoms with Crippen LogP contribution in [-0.4, -0.2) is 40.3 Å². The van der Waals surface area contributed by atoms with Crippen molar-refractivity contribution in [2.45, 2.75) is 38.8 Å². The molecule has 1 N–H and O–H groups in total. The first-order valence-corrected chi connectivity index (χ1v) is 10.1. The summed E-state index contributed by atoms with van der Waals surface area (Å²) in [4.78, 5) is 27.2. The summed E-state index contributed by atoms with van der Waals surface area (Å²) >= 11 is 1.66. The van der Waals surface area contributed by atoms with E-state index in [1.165, 1.54) is 12.5 Å². The van der Waals surface area contributed by atoms with Gasteiger partial charge in [0.15, 0.2) is 5.78 Å². The van der Waals surface area contributed by atoms with Gasteiger partial charge >= 0.3 is 0 Å². The Hall–Kier alpha value is -1.92. The van der Waals surface area contributed by atoms with Crippen LogP contribution in [0.2, 0.25) is 0 Å². The smallest absolute Gasteiger partial charge is 0.271 e. The molecule has 1 saturated heterocycles. The average molecular weight is 372 g/mol. The topological polar surface area (TPSA) is 54.3 Å². The molecule has 6 heteroatoms. The first-order valence-electron chi connectivity index (χ1n) is 9.20. The van der Waals surface area contributed by atoms with Crippen LogP contribution in [0.25, 0.3) is 0 Å². The summed E-state index contributed by atoms with van der Waals surface area (Å²) in [5, 5.41) is 7.60. The Kier molecular flexibility index (Phi) is 4.49. The molecule has 1 amide bonds. The first kappa shape index (κ1) is 17.5. The third kappa shape index (κ3) is 3.12. The summed E-state index contributed by atoms with van der Waals surface area (Å²) in [6.45, 7) is 4.26. The van der Waals surface area contributed by atoms with Gasteiger partial charge in [-0.05, 0) is 73.1 Å². The standard InChI is InChI=1S/C20H25N3O2S/c1-14(24)16-9-17(22(2)12-16)19(25)23(11-15-3-8-26-13-15)18-10-20(18)4-6-21-7-5-20/h3,8-9,12-13,18,21H,4-7,10-11H2,1-2H3. The van der Waals surface area contributed by atoms with Gasteiger partial charge in [-0.2, -0.15) is 11.3 Å². The Balaban J connectivity index is 1.62. The molecule has 2 aromatic heterocycles.